The maximum absolute atomic E-state index is 9.75. The van der Waals surface area contributed by atoms with Crippen LogP contribution in [0.5, 0.6) is 0 Å². The van der Waals surface area contributed by atoms with Crippen molar-refractivity contribution in [2.45, 2.75) is 90.8 Å². The van der Waals surface area contributed by atoms with E-state index in [9.17, 15) is 5.26 Å². The standard InChI is InChI=1S/C30H39BClNO2/c1-19-20(2)28(3,4)27-16-22(13-12-21(27)10-9-11-23(19)18-33)24-14-25(17-26(32)15-24)31-34-29(5,6)30(7,8)35-31/h9,11-13,15-17,19-20,23-24H,10,14H2,1-8H3/b11-9-/t19-,20-,23?,24?/m0/s1. The minimum Gasteiger partial charge on any atom is -0.400 e. The smallest absolute Gasteiger partial charge is 0.400 e. The van der Waals surface area contributed by atoms with Crippen LogP contribution < -0.4 is 0 Å². The Bertz CT molecular complexity index is 1110. The summed E-state index contributed by atoms with van der Waals surface area (Å²) in [5.41, 5.74) is 4.22. The number of nitriles is 1. The molecule has 0 N–H and O–H groups in total. The fourth-order valence-corrected chi connectivity index (χ4v) is 5.95. The van der Waals surface area contributed by atoms with Crippen LogP contribution in [-0.2, 0) is 21.1 Å². The molecule has 4 rings (SSSR count). The second kappa shape index (κ2) is 9.26. The molecule has 1 heterocycles. The van der Waals surface area contributed by atoms with Crippen molar-refractivity contribution in [2.24, 2.45) is 17.8 Å². The molecule has 2 unspecified atom stereocenters. The number of rotatable bonds is 2. The molecule has 1 aromatic rings. The number of halogens is 1. The van der Waals surface area contributed by atoms with Crippen LogP contribution in [0.25, 0.3) is 0 Å². The summed E-state index contributed by atoms with van der Waals surface area (Å²) in [5.74, 6) is 0.702. The van der Waals surface area contributed by atoms with E-state index in [-0.39, 0.29) is 41.5 Å². The summed E-state index contributed by atoms with van der Waals surface area (Å²) in [5, 5.41) is 10.5. The summed E-state index contributed by atoms with van der Waals surface area (Å²) in [4.78, 5) is 0. The molecule has 5 heteroatoms. The highest BCUT2D eigenvalue weighted by molar-refractivity contribution is 6.55. The van der Waals surface area contributed by atoms with Crippen LogP contribution in [0.15, 0.2) is 53.0 Å². The van der Waals surface area contributed by atoms with Crippen molar-refractivity contribution >= 4 is 18.7 Å². The lowest BCUT2D eigenvalue weighted by Gasteiger charge is -2.39. The van der Waals surface area contributed by atoms with E-state index in [1.54, 1.807) is 0 Å². The molecule has 3 nitrogen and oxygen atoms in total. The first-order valence-electron chi connectivity index (χ1n) is 12.9. The van der Waals surface area contributed by atoms with Gasteiger partial charge in [-0.3, -0.25) is 0 Å². The van der Waals surface area contributed by atoms with Gasteiger partial charge in [-0.1, -0.05) is 75.7 Å². The minimum atomic E-state index is -0.386. The zero-order valence-electron chi connectivity index (χ0n) is 22.5. The summed E-state index contributed by atoms with van der Waals surface area (Å²) in [6, 6.07) is 9.42. The van der Waals surface area contributed by atoms with Crippen LogP contribution in [-0.4, -0.2) is 18.3 Å². The molecule has 0 bridgehead atoms. The van der Waals surface area contributed by atoms with Gasteiger partial charge in [0.1, 0.15) is 0 Å². The molecular weight excluding hydrogens is 453 g/mol. The summed E-state index contributed by atoms with van der Waals surface area (Å²) in [6.45, 7) is 17.5. The Kier molecular flexibility index (Phi) is 6.95. The van der Waals surface area contributed by atoms with E-state index in [2.05, 4.69) is 97.9 Å². The molecule has 1 saturated heterocycles. The molecular formula is C30H39BClNO2. The Morgan fingerprint density at radius 3 is 2.34 bits per heavy atom. The second-order valence-electron chi connectivity index (χ2n) is 12.2. The van der Waals surface area contributed by atoms with Crippen LogP contribution >= 0.6 is 11.6 Å². The summed E-state index contributed by atoms with van der Waals surface area (Å²) in [7, 11) is -0.386. The van der Waals surface area contributed by atoms with Gasteiger partial charge in [0, 0.05) is 11.0 Å². The van der Waals surface area contributed by atoms with Gasteiger partial charge in [-0.25, -0.2) is 0 Å². The first-order chi connectivity index (χ1) is 16.3. The fraction of sp³-hybridized carbons (Fsp3) is 0.567. The lowest BCUT2D eigenvalue weighted by Crippen LogP contribution is -2.41. The van der Waals surface area contributed by atoms with Crippen molar-refractivity contribution in [3.63, 3.8) is 0 Å². The number of hydrogen-bond donors (Lipinski definition) is 0. The average molecular weight is 492 g/mol. The molecule has 35 heavy (non-hydrogen) atoms. The zero-order valence-corrected chi connectivity index (χ0v) is 23.2. The van der Waals surface area contributed by atoms with Crippen molar-refractivity contribution < 1.29 is 9.31 Å². The lowest BCUT2D eigenvalue weighted by atomic mass is 9.65. The third kappa shape index (κ3) is 4.80. The molecule has 2 aliphatic carbocycles. The maximum atomic E-state index is 9.75. The van der Waals surface area contributed by atoms with Gasteiger partial charge in [0.25, 0.3) is 0 Å². The van der Waals surface area contributed by atoms with Crippen molar-refractivity contribution in [1.29, 1.82) is 5.26 Å². The molecule has 186 valence electrons. The van der Waals surface area contributed by atoms with Gasteiger partial charge >= 0.3 is 7.12 Å². The van der Waals surface area contributed by atoms with E-state index in [4.69, 9.17) is 20.9 Å². The first-order valence-corrected chi connectivity index (χ1v) is 13.3. The van der Waals surface area contributed by atoms with Crippen molar-refractivity contribution in [3.05, 3.63) is 69.7 Å². The van der Waals surface area contributed by atoms with Crippen LogP contribution in [0.1, 0.15) is 84.4 Å². The molecule has 0 aromatic heterocycles. The van der Waals surface area contributed by atoms with Gasteiger partial charge in [0.05, 0.1) is 23.2 Å². The van der Waals surface area contributed by atoms with Crippen molar-refractivity contribution in [1.82, 2.24) is 0 Å². The molecule has 1 aromatic carbocycles. The molecule has 0 amide bonds. The summed E-state index contributed by atoms with van der Waals surface area (Å²) in [6.07, 6.45) is 10.1. The third-order valence-corrected chi connectivity index (χ3v) is 9.51. The second-order valence-corrected chi connectivity index (χ2v) is 12.7. The topological polar surface area (TPSA) is 42.2 Å². The Hall–Kier alpha value is -1.80. The highest BCUT2D eigenvalue weighted by atomic mass is 35.5. The molecule has 1 fully saturated rings. The van der Waals surface area contributed by atoms with Gasteiger partial charge in [-0.15, -0.1) is 0 Å². The Labute approximate surface area is 217 Å². The largest absolute Gasteiger partial charge is 0.490 e. The average Bonchev–Trinajstić information content (AvgIpc) is 3.03. The number of fused-ring (bicyclic) bond motifs is 1. The van der Waals surface area contributed by atoms with Crippen LogP contribution in [0.2, 0.25) is 0 Å². The van der Waals surface area contributed by atoms with Gasteiger partial charge < -0.3 is 9.31 Å². The van der Waals surface area contributed by atoms with E-state index in [0.29, 0.717) is 5.92 Å². The van der Waals surface area contributed by atoms with Gasteiger partial charge in [-0.2, -0.15) is 5.26 Å². The number of allylic oxidation sites excluding steroid dienone is 6. The number of hydrogen-bond acceptors (Lipinski definition) is 3. The predicted molar refractivity (Wildman–Crippen MR) is 145 cm³/mol. The Morgan fingerprint density at radius 1 is 1.06 bits per heavy atom. The SMILES string of the molecule is C[C@@H]1C(C#N)/C=C\Cc2ccc(C3C=C(Cl)C=C(B4OC(C)(C)C(C)(C)O4)C3)cc2C(C)(C)[C@H]1C. The summed E-state index contributed by atoms with van der Waals surface area (Å²) >= 11 is 6.65. The zero-order chi connectivity index (χ0) is 25.8. The predicted octanol–water partition coefficient (Wildman–Crippen LogP) is 7.66. The quantitative estimate of drug-likeness (QED) is 0.315. The number of benzene rings is 1. The monoisotopic (exact) mass is 491 g/mol. The van der Waals surface area contributed by atoms with Gasteiger partial charge in [0.2, 0.25) is 0 Å². The highest BCUT2D eigenvalue weighted by Crippen LogP contribution is 2.45. The molecule has 0 saturated carbocycles. The molecule has 4 atom stereocenters. The normalized spacial score (nSPS) is 32.3. The van der Waals surface area contributed by atoms with E-state index < -0.39 is 0 Å². The van der Waals surface area contributed by atoms with E-state index >= 15 is 0 Å². The Balaban J connectivity index is 1.67. The van der Waals surface area contributed by atoms with E-state index in [1.807, 2.05) is 6.08 Å². The summed E-state index contributed by atoms with van der Waals surface area (Å²) < 4.78 is 12.7. The molecule has 3 aliphatic rings. The first kappa shape index (κ1) is 26.3. The highest BCUT2D eigenvalue weighted by Gasteiger charge is 2.52. The maximum Gasteiger partial charge on any atom is 0.490 e. The molecule has 0 spiro atoms. The fourth-order valence-electron chi connectivity index (χ4n) is 5.66. The minimum absolute atomic E-state index is 0.0641. The van der Waals surface area contributed by atoms with Crippen LogP contribution in [0.4, 0.5) is 0 Å². The molecule has 0 radical (unpaired) electrons. The van der Waals surface area contributed by atoms with Crippen LogP contribution in [0.3, 0.4) is 0 Å². The van der Waals surface area contributed by atoms with Crippen molar-refractivity contribution in [3.8, 4) is 6.07 Å². The van der Waals surface area contributed by atoms with Crippen LogP contribution in [0, 0.1) is 29.1 Å². The Morgan fingerprint density at radius 2 is 1.71 bits per heavy atom. The van der Waals surface area contributed by atoms with E-state index in [0.717, 1.165) is 23.3 Å². The van der Waals surface area contributed by atoms with E-state index in [1.165, 1.54) is 16.7 Å². The van der Waals surface area contributed by atoms with Gasteiger partial charge in [-0.05, 0) is 86.0 Å². The molecule has 1 aliphatic heterocycles. The van der Waals surface area contributed by atoms with Gasteiger partial charge in [0.15, 0.2) is 0 Å². The third-order valence-electron chi connectivity index (χ3n) is 9.28. The van der Waals surface area contributed by atoms with Crippen molar-refractivity contribution in [2.75, 3.05) is 0 Å². The number of nitrogens with zero attached hydrogens (tertiary/aromatic N) is 1. The lowest BCUT2D eigenvalue weighted by molar-refractivity contribution is 0.00578.